The Hall–Kier alpha value is -0.960. The molecule has 0 saturated heterocycles. The van der Waals surface area contributed by atoms with E-state index in [4.69, 9.17) is 17.3 Å². The monoisotopic (exact) mass is 319 g/mol. The molecule has 2 aromatic rings. The van der Waals surface area contributed by atoms with Crippen molar-refractivity contribution in [2.75, 3.05) is 0 Å². The number of rotatable bonds is 5. The Morgan fingerprint density at radius 3 is 2.52 bits per heavy atom. The van der Waals surface area contributed by atoms with Gasteiger partial charge in [0.1, 0.15) is 0 Å². The van der Waals surface area contributed by atoms with E-state index in [-0.39, 0.29) is 6.04 Å². The fourth-order valence-corrected chi connectivity index (χ4v) is 3.46. The van der Waals surface area contributed by atoms with Crippen LogP contribution in [0.2, 0.25) is 5.02 Å². The average Bonchev–Trinajstić information content (AvgIpc) is 2.45. The lowest BCUT2D eigenvalue weighted by molar-refractivity contribution is 0.646. The molecule has 0 aliphatic heterocycles. The molecule has 21 heavy (non-hydrogen) atoms. The average molecular weight is 320 g/mol. The maximum Gasteiger partial charge on any atom is 0.0548 e. The summed E-state index contributed by atoms with van der Waals surface area (Å²) in [6, 6.07) is 13.0. The van der Waals surface area contributed by atoms with Crippen molar-refractivity contribution in [3.8, 4) is 0 Å². The molecule has 0 bridgehead atoms. The zero-order valence-corrected chi connectivity index (χ0v) is 14.4. The lowest BCUT2D eigenvalue weighted by Gasteiger charge is -2.12. The summed E-state index contributed by atoms with van der Waals surface area (Å²) in [6.45, 7) is 6.35. The standard InChI is InChI=1S/C18H22ClNS/c1-4-15(20)10-14-7-8-17(16(19)11-14)21-18-9-12(2)5-6-13(18)3/h5-9,11,15H,4,10,20H2,1-3H3. The maximum atomic E-state index is 6.44. The highest BCUT2D eigenvalue weighted by Gasteiger charge is 2.08. The van der Waals surface area contributed by atoms with Gasteiger partial charge in [-0.1, -0.05) is 48.5 Å². The van der Waals surface area contributed by atoms with Gasteiger partial charge in [0.25, 0.3) is 0 Å². The van der Waals surface area contributed by atoms with Gasteiger partial charge >= 0.3 is 0 Å². The van der Waals surface area contributed by atoms with Crippen molar-refractivity contribution in [3.63, 3.8) is 0 Å². The molecule has 2 aromatic carbocycles. The van der Waals surface area contributed by atoms with E-state index in [2.05, 4.69) is 51.1 Å². The van der Waals surface area contributed by atoms with Crippen molar-refractivity contribution < 1.29 is 0 Å². The Morgan fingerprint density at radius 1 is 1.10 bits per heavy atom. The molecule has 112 valence electrons. The first-order valence-electron chi connectivity index (χ1n) is 7.28. The van der Waals surface area contributed by atoms with Gasteiger partial charge in [-0.25, -0.2) is 0 Å². The van der Waals surface area contributed by atoms with Crippen molar-refractivity contribution in [2.24, 2.45) is 5.73 Å². The van der Waals surface area contributed by atoms with Crippen LogP contribution >= 0.6 is 23.4 Å². The molecule has 0 radical (unpaired) electrons. The van der Waals surface area contributed by atoms with Gasteiger partial charge in [0.2, 0.25) is 0 Å². The Bertz CT molecular complexity index is 625. The van der Waals surface area contributed by atoms with E-state index in [1.54, 1.807) is 11.8 Å². The molecule has 0 aliphatic rings. The molecule has 3 heteroatoms. The largest absolute Gasteiger partial charge is 0.327 e. The number of benzene rings is 2. The molecule has 0 amide bonds. The van der Waals surface area contributed by atoms with E-state index in [0.717, 1.165) is 22.8 Å². The first-order chi connectivity index (χ1) is 9.99. The van der Waals surface area contributed by atoms with Crippen molar-refractivity contribution in [3.05, 3.63) is 58.1 Å². The summed E-state index contributed by atoms with van der Waals surface area (Å²) in [5, 5.41) is 0.807. The molecule has 2 rings (SSSR count). The van der Waals surface area contributed by atoms with Crippen LogP contribution in [0.3, 0.4) is 0 Å². The molecule has 1 unspecified atom stereocenters. The normalized spacial score (nSPS) is 12.4. The lowest BCUT2D eigenvalue weighted by Crippen LogP contribution is -2.21. The van der Waals surface area contributed by atoms with Crippen LogP contribution in [0.15, 0.2) is 46.2 Å². The van der Waals surface area contributed by atoms with Crippen LogP contribution in [0.1, 0.15) is 30.0 Å². The Balaban J connectivity index is 2.19. The third-order valence-corrected chi connectivity index (χ3v) is 5.24. The first-order valence-corrected chi connectivity index (χ1v) is 8.48. The Kier molecular flexibility index (Phi) is 5.74. The summed E-state index contributed by atoms with van der Waals surface area (Å²) in [5.74, 6) is 0. The van der Waals surface area contributed by atoms with Crippen LogP contribution in [0.5, 0.6) is 0 Å². The lowest BCUT2D eigenvalue weighted by atomic mass is 10.1. The third kappa shape index (κ3) is 4.50. The van der Waals surface area contributed by atoms with Gasteiger partial charge in [-0.3, -0.25) is 0 Å². The molecule has 0 spiro atoms. The van der Waals surface area contributed by atoms with Crippen LogP contribution in [0.25, 0.3) is 0 Å². The van der Waals surface area contributed by atoms with Crippen LogP contribution in [0, 0.1) is 13.8 Å². The minimum absolute atomic E-state index is 0.207. The molecule has 1 nitrogen and oxygen atoms in total. The predicted molar refractivity (Wildman–Crippen MR) is 93.5 cm³/mol. The summed E-state index contributed by atoms with van der Waals surface area (Å²) < 4.78 is 0. The molecular formula is C18H22ClNS. The zero-order valence-electron chi connectivity index (χ0n) is 12.8. The Labute approximate surface area is 136 Å². The van der Waals surface area contributed by atoms with E-state index in [9.17, 15) is 0 Å². The van der Waals surface area contributed by atoms with E-state index < -0.39 is 0 Å². The number of hydrogen-bond donors (Lipinski definition) is 1. The molecule has 0 fully saturated rings. The van der Waals surface area contributed by atoms with E-state index in [0.29, 0.717) is 0 Å². The van der Waals surface area contributed by atoms with Crippen LogP contribution in [-0.4, -0.2) is 6.04 Å². The highest BCUT2D eigenvalue weighted by Crippen LogP contribution is 2.36. The second-order valence-corrected chi connectivity index (χ2v) is 7.00. The molecular weight excluding hydrogens is 298 g/mol. The van der Waals surface area contributed by atoms with E-state index >= 15 is 0 Å². The maximum absolute atomic E-state index is 6.44. The predicted octanol–water partition coefficient (Wildman–Crippen LogP) is 5.39. The highest BCUT2D eigenvalue weighted by atomic mass is 35.5. The number of aryl methyl sites for hydroxylation is 2. The smallest absolute Gasteiger partial charge is 0.0548 e. The van der Waals surface area contributed by atoms with Gasteiger partial charge in [0.15, 0.2) is 0 Å². The van der Waals surface area contributed by atoms with Gasteiger partial charge < -0.3 is 5.73 Å². The number of nitrogens with two attached hydrogens (primary N) is 1. The molecule has 0 heterocycles. The van der Waals surface area contributed by atoms with Crippen LogP contribution in [-0.2, 0) is 6.42 Å². The van der Waals surface area contributed by atoms with Gasteiger partial charge in [-0.05, 0) is 61.6 Å². The fraction of sp³-hybridized carbons (Fsp3) is 0.333. The van der Waals surface area contributed by atoms with Crippen molar-refractivity contribution in [2.45, 2.75) is 49.4 Å². The number of hydrogen-bond acceptors (Lipinski definition) is 2. The molecule has 0 aliphatic carbocycles. The quantitative estimate of drug-likeness (QED) is 0.799. The zero-order chi connectivity index (χ0) is 15.4. The van der Waals surface area contributed by atoms with Gasteiger partial charge in [0, 0.05) is 15.8 Å². The summed E-state index contributed by atoms with van der Waals surface area (Å²) in [5.41, 5.74) is 9.76. The summed E-state index contributed by atoms with van der Waals surface area (Å²) >= 11 is 8.16. The number of halogens is 1. The fourth-order valence-electron chi connectivity index (χ4n) is 2.14. The SMILES string of the molecule is CCC(N)Cc1ccc(Sc2cc(C)ccc2C)c(Cl)c1. The summed E-state index contributed by atoms with van der Waals surface area (Å²) in [6.07, 6.45) is 1.86. The molecule has 1 atom stereocenters. The van der Waals surface area contributed by atoms with Gasteiger partial charge in [-0.2, -0.15) is 0 Å². The molecule has 2 N–H and O–H groups in total. The van der Waals surface area contributed by atoms with Gasteiger partial charge in [0.05, 0.1) is 5.02 Å². The van der Waals surface area contributed by atoms with Crippen LogP contribution in [0.4, 0.5) is 0 Å². The third-order valence-electron chi connectivity index (χ3n) is 3.58. The molecule has 0 aromatic heterocycles. The second-order valence-electron chi connectivity index (χ2n) is 5.51. The highest BCUT2D eigenvalue weighted by molar-refractivity contribution is 7.99. The Morgan fingerprint density at radius 2 is 1.86 bits per heavy atom. The summed E-state index contributed by atoms with van der Waals surface area (Å²) in [4.78, 5) is 2.36. The van der Waals surface area contributed by atoms with Crippen molar-refractivity contribution >= 4 is 23.4 Å². The minimum atomic E-state index is 0.207. The van der Waals surface area contributed by atoms with Gasteiger partial charge in [-0.15, -0.1) is 0 Å². The van der Waals surface area contributed by atoms with E-state index in [1.165, 1.54) is 21.6 Å². The topological polar surface area (TPSA) is 26.0 Å². The second kappa shape index (κ2) is 7.35. The van der Waals surface area contributed by atoms with Crippen molar-refractivity contribution in [1.29, 1.82) is 0 Å². The first kappa shape index (κ1) is 16.4. The van der Waals surface area contributed by atoms with Crippen molar-refractivity contribution in [1.82, 2.24) is 0 Å². The minimum Gasteiger partial charge on any atom is -0.327 e. The van der Waals surface area contributed by atoms with E-state index in [1.807, 2.05) is 6.07 Å². The van der Waals surface area contributed by atoms with Crippen LogP contribution < -0.4 is 5.73 Å². The summed E-state index contributed by atoms with van der Waals surface area (Å²) in [7, 11) is 0. The molecule has 0 saturated carbocycles.